The van der Waals surface area contributed by atoms with Gasteiger partial charge in [0.05, 0.1) is 17.4 Å². The number of hydrogen-bond donors (Lipinski definition) is 1. The van der Waals surface area contributed by atoms with Crippen LogP contribution in [0.2, 0.25) is 0 Å². The van der Waals surface area contributed by atoms with Crippen LogP contribution in [0.15, 0.2) is 48.5 Å². The lowest BCUT2D eigenvalue weighted by molar-refractivity contribution is -0.384. The number of non-ortho nitro benzene ring substituents is 1. The van der Waals surface area contributed by atoms with Crippen LogP contribution < -0.4 is 14.8 Å². The molecule has 1 heterocycles. The van der Waals surface area contributed by atoms with Gasteiger partial charge in [-0.1, -0.05) is 24.3 Å². The molecular formula is C18H18N2O5. The molecule has 1 N–H and O–H groups in total. The van der Waals surface area contributed by atoms with E-state index in [9.17, 15) is 14.9 Å². The van der Waals surface area contributed by atoms with Gasteiger partial charge in [-0.3, -0.25) is 14.9 Å². The van der Waals surface area contributed by atoms with Crippen molar-refractivity contribution in [2.24, 2.45) is 0 Å². The fourth-order valence-corrected chi connectivity index (χ4v) is 2.60. The molecule has 2 unspecified atom stereocenters. The number of benzene rings is 2. The highest BCUT2D eigenvalue weighted by atomic mass is 16.6. The molecule has 25 heavy (non-hydrogen) atoms. The van der Waals surface area contributed by atoms with Crippen molar-refractivity contribution >= 4 is 11.6 Å². The van der Waals surface area contributed by atoms with Gasteiger partial charge in [-0.25, -0.2) is 0 Å². The SMILES string of the molecule is CC(NC(=O)Cc1ccc([N+](=O)[O-])cc1)C1COc2ccccc2O1. The molecule has 2 atom stereocenters. The predicted octanol–water partition coefficient (Wildman–Crippen LogP) is 2.48. The lowest BCUT2D eigenvalue weighted by Gasteiger charge is -2.30. The van der Waals surface area contributed by atoms with Crippen LogP contribution in [0, 0.1) is 10.1 Å². The average Bonchev–Trinajstić information content (AvgIpc) is 2.61. The Kier molecular flexibility index (Phi) is 4.83. The van der Waals surface area contributed by atoms with E-state index >= 15 is 0 Å². The number of hydrogen-bond acceptors (Lipinski definition) is 5. The van der Waals surface area contributed by atoms with Gasteiger partial charge in [0.1, 0.15) is 6.61 Å². The Hall–Kier alpha value is -3.09. The molecule has 0 aromatic heterocycles. The highest BCUT2D eigenvalue weighted by Gasteiger charge is 2.27. The van der Waals surface area contributed by atoms with E-state index in [0.29, 0.717) is 23.7 Å². The fraction of sp³-hybridized carbons (Fsp3) is 0.278. The Morgan fingerprint density at radius 3 is 2.60 bits per heavy atom. The first-order chi connectivity index (χ1) is 12.0. The van der Waals surface area contributed by atoms with Crippen LogP contribution in [0.25, 0.3) is 0 Å². The summed E-state index contributed by atoms with van der Waals surface area (Å²) in [5.74, 6) is 1.18. The molecule has 1 aliphatic rings. The Morgan fingerprint density at radius 1 is 1.24 bits per heavy atom. The van der Waals surface area contributed by atoms with Crippen LogP contribution in [-0.2, 0) is 11.2 Å². The van der Waals surface area contributed by atoms with Crippen LogP contribution in [0.4, 0.5) is 5.69 Å². The molecule has 130 valence electrons. The maximum absolute atomic E-state index is 12.2. The zero-order chi connectivity index (χ0) is 17.8. The quantitative estimate of drug-likeness (QED) is 0.666. The number of nitrogens with zero attached hydrogens (tertiary/aromatic N) is 1. The molecular weight excluding hydrogens is 324 g/mol. The molecule has 2 aromatic carbocycles. The first kappa shape index (κ1) is 16.8. The number of amides is 1. The number of carbonyl (C=O) groups excluding carboxylic acids is 1. The lowest BCUT2D eigenvalue weighted by atomic mass is 10.1. The van der Waals surface area contributed by atoms with Gasteiger partial charge in [-0.05, 0) is 24.6 Å². The topological polar surface area (TPSA) is 90.7 Å². The Balaban J connectivity index is 1.55. The summed E-state index contributed by atoms with van der Waals surface area (Å²) in [6.45, 7) is 2.21. The number of carbonyl (C=O) groups is 1. The van der Waals surface area contributed by atoms with Gasteiger partial charge in [-0.2, -0.15) is 0 Å². The van der Waals surface area contributed by atoms with E-state index in [4.69, 9.17) is 9.47 Å². The maximum atomic E-state index is 12.2. The summed E-state index contributed by atoms with van der Waals surface area (Å²) in [7, 11) is 0. The third-order valence-electron chi connectivity index (χ3n) is 3.99. The summed E-state index contributed by atoms with van der Waals surface area (Å²) in [5.41, 5.74) is 0.713. The molecule has 0 radical (unpaired) electrons. The van der Waals surface area contributed by atoms with Crippen molar-refractivity contribution in [3.8, 4) is 11.5 Å². The molecule has 0 bridgehead atoms. The molecule has 7 heteroatoms. The van der Waals surface area contributed by atoms with Crippen molar-refractivity contribution in [2.45, 2.75) is 25.5 Å². The highest BCUT2D eigenvalue weighted by Crippen LogP contribution is 2.31. The first-order valence-electron chi connectivity index (χ1n) is 7.94. The van der Waals surface area contributed by atoms with E-state index in [0.717, 1.165) is 0 Å². The van der Waals surface area contributed by atoms with E-state index < -0.39 is 4.92 Å². The second kappa shape index (κ2) is 7.21. The highest BCUT2D eigenvalue weighted by molar-refractivity contribution is 5.79. The average molecular weight is 342 g/mol. The standard InChI is InChI=1S/C18H18N2O5/c1-12(17-11-24-15-4-2-3-5-16(15)25-17)19-18(21)10-13-6-8-14(9-7-13)20(22)23/h2-9,12,17H,10-11H2,1H3,(H,19,21). The van der Waals surface area contributed by atoms with Crippen molar-refractivity contribution in [1.29, 1.82) is 0 Å². The number of rotatable bonds is 5. The molecule has 1 amide bonds. The fourth-order valence-electron chi connectivity index (χ4n) is 2.60. The van der Waals surface area contributed by atoms with Crippen LogP contribution in [0.5, 0.6) is 11.5 Å². The Bertz CT molecular complexity index is 775. The normalized spacial score (nSPS) is 16.8. The zero-order valence-corrected chi connectivity index (χ0v) is 13.7. The van der Waals surface area contributed by atoms with E-state index in [-0.39, 0.29) is 30.2 Å². The molecule has 3 rings (SSSR count). The van der Waals surface area contributed by atoms with Crippen LogP contribution >= 0.6 is 0 Å². The monoisotopic (exact) mass is 342 g/mol. The zero-order valence-electron chi connectivity index (χ0n) is 13.7. The number of nitro groups is 1. The number of nitro benzene ring substituents is 1. The molecule has 0 spiro atoms. The molecule has 0 saturated carbocycles. The molecule has 1 aliphatic heterocycles. The van der Waals surface area contributed by atoms with Crippen LogP contribution in [-0.4, -0.2) is 29.6 Å². The van der Waals surface area contributed by atoms with E-state index in [1.165, 1.54) is 12.1 Å². The summed E-state index contributed by atoms with van der Waals surface area (Å²) < 4.78 is 11.5. The summed E-state index contributed by atoms with van der Waals surface area (Å²) in [5, 5.41) is 13.5. The molecule has 0 aliphatic carbocycles. The second-order valence-electron chi connectivity index (χ2n) is 5.87. The summed E-state index contributed by atoms with van der Waals surface area (Å²) >= 11 is 0. The smallest absolute Gasteiger partial charge is 0.269 e. The van der Waals surface area contributed by atoms with Gasteiger partial charge < -0.3 is 14.8 Å². The Morgan fingerprint density at radius 2 is 1.92 bits per heavy atom. The number of para-hydroxylation sites is 2. The van der Waals surface area contributed by atoms with Crippen LogP contribution in [0.3, 0.4) is 0 Å². The third kappa shape index (κ3) is 4.06. The van der Waals surface area contributed by atoms with Crippen molar-refractivity contribution in [3.63, 3.8) is 0 Å². The minimum atomic E-state index is -0.468. The summed E-state index contributed by atoms with van der Waals surface area (Å²) in [4.78, 5) is 22.4. The van der Waals surface area contributed by atoms with Gasteiger partial charge in [0.2, 0.25) is 5.91 Å². The summed E-state index contributed by atoms with van der Waals surface area (Å²) in [6.07, 6.45) is -0.136. The van der Waals surface area contributed by atoms with E-state index in [1.807, 2.05) is 31.2 Å². The van der Waals surface area contributed by atoms with Crippen LogP contribution in [0.1, 0.15) is 12.5 Å². The third-order valence-corrected chi connectivity index (χ3v) is 3.99. The largest absolute Gasteiger partial charge is 0.486 e. The number of nitrogens with one attached hydrogen (secondary N) is 1. The Labute approximate surface area is 144 Å². The van der Waals surface area contributed by atoms with Gasteiger partial charge in [0, 0.05) is 12.1 Å². The van der Waals surface area contributed by atoms with Gasteiger partial charge in [0.15, 0.2) is 17.6 Å². The van der Waals surface area contributed by atoms with Gasteiger partial charge >= 0.3 is 0 Å². The molecule has 0 saturated heterocycles. The molecule has 2 aromatic rings. The molecule has 7 nitrogen and oxygen atoms in total. The summed E-state index contributed by atoms with van der Waals surface area (Å²) in [6, 6.07) is 13.1. The van der Waals surface area contributed by atoms with Crippen molar-refractivity contribution in [3.05, 3.63) is 64.2 Å². The lowest BCUT2D eigenvalue weighted by Crippen LogP contribution is -2.48. The first-order valence-corrected chi connectivity index (χ1v) is 7.94. The van der Waals surface area contributed by atoms with Crippen molar-refractivity contribution < 1.29 is 19.2 Å². The van der Waals surface area contributed by atoms with E-state index in [2.05, 4.69) is 5.32 Å². The number of fused-ring (bicyclic) bond motifs is 1. The minimum absolute atomic E-state index is 0.00365. The van der Waals surface area contributed by atoms with E-state index in [1.54, 1.807) is 12.1 Å². The number of ether oxygens (including phenoxy) is 2. The second-order valence-corrected chi connectivity index (χ2v) is 5.87. The molecule has 0 fully saturated rings. The maximum Gasteiger partial charge on any atom is 0.269 e. The van der Waals surface area contributed by atoms with Crippen molar-refractivity contribution in [2.75, 3.05) is 6.61 Å². The van der Waals surface area contributed by atoms with Crippen molar-refractivity contribution in [1.82, 2.24) is 5.32 Å². The predicted molar refractivity (Wildman–Crippen MR) is 90.8 cm³/mol. The van der Waals surface area contributed by atoms with Gasteiger partial charge in [0.25, 0.3) is 5.69 Å². The minimum Gasteiger partial charge on any atom is -0.486 e. The van der Waals surface area contributed by atoms with Gasteiger partial charge in [-0.15, -0.1) is 0 Å².